The van der Waals surface area contributed by atoms with Gasteiger partial charge in [-0.1, -0.05) is 11.1 Å². The smallest absolute Gasteiger partial charge is 0.403 e. The molecule has 0 spiro atoms. The fourth-order valence-electron chi connectivity index (χ4n) is 2.60. The summed E-state index contributed by atoms with van der Waals surface area (Å²) in [5, 5.41) is 0. The third-order valence-electron chi connectivity index (χ3n) is 4.84. The zero-order chi connectivity index (χ0) is 12.8. The summed E-state index contributed by atoms with van der Waals surface area (Å²) in [5.41, 5.74) is 2.69. The third kappa shape index (κ3) is 2.32. The minimum absolute atomic E-state index is 0.0250. The summed E-state index contributed by atoms with van der Waals surface area (Å²) in [6.07, 6.45) is 3.52. The topological polar surface area (TPSA) is 18.5 Å². The molecule has 0 aromatic heterocycles. The number of hydrogen-bond donors (Lipinski definition) is 0. The molecule has 17 heavy (non-hydrogen) atoms. The van der Waals surface area contributed by atoms with Crippen molar-refractivity contribution in [1.29, 1.82) is 0 Å². The first-order valence-corrected chi connectivity index (χ1v) is 6.74. The van der Waals surface area contributed by atoms with Crippen molar-refractivity contribution in [3.05, 3.63) is 11.1 Å². The number of rotatable bonds is 1. The van der Waals surface area contributed by atoms with Crippen LogP contribution in [-0.2, 0) is 9.31 Å². The maximum absolute atomic E-state index is 6.14. The second-order valence-electron chi connectivity index (χ2n) is 6.69. The normalized spacial score (nSPS) is 32.1. The van der Waals surface area contributed by atoms with Crippen molar-refractivity contribution in [2.24, 2.45) is 0 Å². The quantitative estimate of drug-likeness (QED) is 0.506. The van der Waals surface area contributed by atoms with Gasteiger partial charge in [-0.05, 0) is 66.6 Å². The zero-order valence-corrected chi connectivity index (χ0v) is 12.1. The van der Waals surface area contributed by atoms with Crippen LogP contribution in [0.4, 0.5) is 0 Å². The molecule has 0 aromatic carbocycles. The third-order valence-corrected chi connectivity index (χ3v) is 4.84. The van der Waals surface area contributed by atoms with Gasteiger partial charge < -0.3 is 9.31 Å². The van der Waals surface area contributed by atoms with Gasteiger partial charge in [0.2, 0.25) is 0 Å². The molecule has 0 bridgehead atoms. The fraction of sp³-hybridized carbons (Fsp3) is 0.857. The predicted octanol–water partition coefficient (Wildman–Crippen LogP) is 3.97. The molecule has 0 aromatic rings. The van der Waals surface area contributed by atoms with Crippen molar-refractivity contribution in [2.45, 2.75) is 77.8 Å². The van der Waals surface area contributed by atoms with Crippen LogP contribution in [0.3, 0.4) is 0 Å². The lowest BCUT2D eigenvalue weighted by Gasteiger charge is -2.32. The van der Waals surface area contributed by atoms with E-state index in [4.69, 9.17) is 9.31 Å². The second-order valence-corrected chi connectivity index (χ2v) is 6.69. The summed E-state index contributed by atoms with van der Waals surface area (Å²) >= 11 is 0. The first-order chi connectivity index (χ1) is 7.73. The Balaban J connectivity index is 2.08. The highest BCUT2D eigenvalue weighted by atomic mass is 16.7. The molecule has 3 heteroatoms. The van der Waals surface area contributed by atoms with Crippen LogP contribution in [0, 0.1) is 0 Å². The van der Waals surface area contributed by atoms with Crippen LogP contribution in [0.15, 0.2) is 11.1 Å². The monoisotopic (exact) mass is 236 g/mol. The van der Waals surface area contributed by atoms with E-state index in [9.17, 15) is 0 Å². The molecule has 1 fully saturated rings. The molecule has 0 radical (unpaired) electrons. The number of allylic oxidation sites excluding steroid dienone is 2. The van der Waals surface area contributed by atoms with Gasteiger partial charge in [0.1, 0.15) is 0 Å². The van der Waals surface area contributed by atoms with Gasteiger partial charge in [0.15, 0.2) is 0 Å². The van der Waals surface area contributed by atoms with Crippen LogP contribution in [0.5, 0.6) is 0 Å². The molecule has 1 saturated heterocycles. The van der Waals surface area contributed by atoms with Crippen molar-refractivity contribution in [1.82, 2.24) is 0 Å². The minimum Gasteiger partial charge on any atom is -0.403 e. The molecule has 1 aliphatic carbocycles. The van der Waals surface area contributed by atoms with Crippen molar-refractivity contribution in [3.63, 3.8) is 0 Å². The van der Waals surface area contributed by atoms with E-state index in [1.165, 1.54) is 18.4 Å². The van der Waals surface area contributed by atoms with Crippen LogP contribution in [0.25, 0.3) is 0 Å². The van der Waals surface area contributed by atoms with Gasteiger partial charge in [-0.2, -0.15) is 0 Å². The average Bonchev–Trinajstić information content (AvgIpc) is 2.41. The lowest BCUT2D eigenvalue weighted by Crippen LogP contribution is -2.41. The molecule has 2 rings (SSSR count). The van der Waals surface area contributed by atoms with Gasteiger partial charge in [-0.15, -0.1) is 0 Å². The molecule has 96 valence electrons. The first-order valence-electron chi connectivity index (χ1n) is 6.74. The van der Waals surface area contributed by atoms with Crippen molar-refractivity contribution in [2.75, 3.05) is 0 Å². The van der Waals surface area contributed by atoms with E-state index in [0.29, 0.717) is 5.82 Å². The lowest BCUT2D eigenvalue weighted by atomic mass is 9.63. The molecule has 1 unspecified atom stereocenters. The molecule has 0 N–H and O–H groups in total. The second kappa shape index (κ2) is 4.13. The Hall–Kier alpha value is -0.275. The van der Waals surface area contributed by atoms with E-state index in [1.807, 2.05) is 0 Å². The molecule has 2 aliphatic rings. The van der Waals surface area contributed by atoms with E-state index >= 15 is 0 Å². The van der Waals surface area contributed by atoms with Gasteiger partial charge in [-0.25, -0.2) is 0 Å². The highest BCUT2D eigenvalue weighted by Crippen LogP contribution is 2.44. The minimum atomic E-state index is -0.193. The fourth-order valence-corrected chi connectivity index (χ4v) is 2.60. The zero-order valence-electron chi connectivity index (χ0n) is 12.1. The summed E-state index contributed by atoms with van der Waals surface area (Å²) in [6.45, 7) is 13.0. The van der Waals surface area contributed by atoms with E-state index in [-0.39, 0.29) is 18.3 Å². The van der Waals surface area contributed by atoms with Crippen LogP contribution in [0.2, 0.25) is 5.82 Å². The van der Waals surface area contributed by atoms with E-state index < -0.39 is 0 Å². The van der Waals surface area contributed by atoms with Gasteiger partial charge in [0.05, 0.1) is 11.2 Å². The Labute approximate surface area is 106 Å². The first kappa shape index (κ1) is 13.2. The van der Waals surface area contributed by atoms with Crippen molar-refractivity contribution >= 4 is 7.12 Å². The Morgan fingerprint density at radius 2 is 1.53 bits per heavy atom. The van der Waals surface area contributed by atoms with Crippen molar-refractivity contribution < 1.29 is 9.31 Å². The molecule has 1 aliphatic heterocycles. The highest BCUT2D eigenvalue weighted by Gasteiger charge is 2.53. The largest absolute Gasteiger partial charge is 0.461 e. The maximum Gasteiger partial charge on any atom is 0.461 e. The van der Waals surface area contributed by atoms with Gasteiger partial charge in [-0.3, -0.25) is 0 Å². The molecular weight excluding hydrogens is 211 g/mol. The molecular formula is C14H25BO2. The van der Waals surface area contributed by atoms with Gasteiger partial charge >= 0.3 is 7.12 Å². The Morgan fingerprint density at radius 3 is 2.00 bits per heavy atom. The molecule has 0 amide bonds. The Kier molecular flexibility index (Phi) is 3.20. The SMILES string of the molecule is CC1=C(C)CC(B2OC(C)(C)C(C)(C)O2)CC1. The van der Waals surface area contributed by atoms with E-state index in [2.05, 4.69) is 41.5 Å². The molecule has 1 atom stereocenters. The standard InChI is InChI=1S/C14H25BO2/c1-10-7-8-12(9-11(10)2)15-16-13(3,4)14(5,6)17-15/h12H,7-9H2,1-6H3. The van der Waals surface area contributed by atoms with Crippen LogP contribution >= 0.6 is 0 Å². The van der Waals surface area contributed by atoms with Crippen LogP contribution in [0.1, 0.15) is 60.8 Å². The molecule has 1 heterocycles. The summed E-state index contributed by atoms with van der Waals surface area (Å²) in [4.78, 5) is 0. The average molecular weight is 236 g/mol. The summed E-state index contributed by atoms with van der Waals surface area (Å²) in [6, 6.07) is 0. The summed E-state index contributed by atoms with van der Waals surface area (Å²) < 4.78 is 12.3. The van der Waals surface area contributed by atoms with Gasteiger partial charge in [0.25, 0.3) is 0 Å². The maximum atomic E-state index is 6.14. The summed E-state index contributed by atoms with van der Waals surface area (Å²) in [7, 11) is -0.0250. The highest BCUT2D eigenvalue weighted by molar-refractivity contribution is 6.47. The summed E-state index contributed by atoms with van der Waals surface area (Å²) in [5.74, 6) is 0.528. The van der Waals surface area contributed by atoms with E-state index in [0.717, 1.165) is 6.42 Å². The van der Waals surface area contributed by atoms with Crippen LogP contribution in [-0.4, -0.2) is 18.3 Å². The van der Waals surface area contributed by atoms with Gasteiger partial charge in [0, 0.05) is 0 Å². The Morgan fingerprint density at radius 1 is 1.00 bits per heavy atom. The van der Waals surface area contributed by atoms with Crippen LogP contribution < -0.4 is 0 Å². The predicted molar refractivity (Wildman–Crippen MR) is 72.1 cm³/mol. The Bertz CT molecular complexity index is 328. The molecule has 0 saturated carbocycles. The molecule has 2 nitrogen and oxygen atoms in total. The van der Waals surface area contributed by atoms with Crippen molar-refractivity contribution in [3.8, 4) is 0 Å². The van der Waals surface area contributed by atoms with E-state index in [1.54, 1.807) is 5.57 Å². The number of hydrogen-bond acceptors (Lipinski definition) is 2. The lowest BCUT2D eigenvalue weighted by molar-refractivity contribution is 0.00578.